The molecule has 1 aromatic rings. The summed E-state index contributed by atoms with van der Waals surface area (Å²) in [4.78, 5) is 25.8. The second-order valence-corrected chi connectivity index (χ2v) is 5.45. The van der Waals surface area contributed by atoms with Crippen LogP contribution in [0.15, 0.2) is 18.2 Å². The van der Waals surface area contributed by atoms with Crippen molar-refractivity contribution in [1.29, 1.82) is 0 Å². The van der Waals surface area contributed by atoms with Gasteiger partial charge in [0.1, 0.15) is 0 Å². The summed E-state index contributed by atoms with van der Waals surface area (Å²) in [6.07, 6.45) is 2.48. The third kappa shape index (κ3) is 4.46. The van der Waals surface area contributed by atoms with Crippen molar-refractivity contribution in [3.05, 3.63) is 29.3 Å². The van der Waals surface area contributed by atoms with Gasteiger partial charge in [-0.15, -0.1) is 0 Å². The van der Waals surface area contributed by atoms with E-state index >= 15 is 0 Å². The van der Waals surface area contributed by atoms with Crippen LogP contribution in [0.3, 0.4) is 0 Å². The lowest BCUT2D eigenvalue weighted by Crippen LogP contribution is -2.36. The van der Waals surface area contributed by atoms with Crippen molar-refractivity contribution in [3.63, 3.8) is 0 Å². The van der Waals surface area contributed by atoms with E-state index in [2.05, 4.69) is 20.3 Å². The van der Waals surface area contributed by atoms with E-state index in [0.29, 0.717) is 17.8 Å². The average molecular weight is 305 g/mol. The number of ether oxygens (including phenoxy) is 1. The molecule has 2 N–H and O–H groups in total. The molecule has 0 aromatic heterocycles. The van der Waals surface area contributed by atoms with Crippen LogP contribution in [0, 0.1) is 6.92 Å². The molecule has 0 saturated carbocycles. The first-order valence-corrected chi connectivity index (χ1v) is 7.56. The number of rotatable bonds is 5. The number of carbonyl (C=O) groups is 2. The highest BCUT2D eigenvalue weighted by molar-refractivity contribution is 5.94. The molecule has 2 rings (SSSR count). The summed E-state index contributed by atoms with van der Waals surface area (Å²) in [5, 5.41) is 5.62. The summed E-state index contributed by atoms with van der Waals surface area (Å²) in [6, 6.07) is 4.83. The number of carbonyl (C=O) groups excluding carboxylic acids is 2. The predicted octanol–water partition coefficient (Wildman–Crippen LogP) is 2.00. The minimum absolute atomic E-state index is 0.260. The number of amides is 2. The molecule has 1 aliphatic heterocycles. The van der Waals surface area contributed by atoms with Crippen LogP contribution in [0.1, 0.15) is 28.8 Å². The Morgan fingerprint density at radius 3 is 2.68 bits per heavy atom. The molecule has 1 aliphatic rings. The molecule has 0 bridgehead atoms. The summed E-state index contributed by atoms with van der Waals surface area (Å²) in [5.74, 6) is -0.419. The summed E-state index contributed by atoms with van der Waals surface area (Å²) in [5.41, 5.74) is 1.92. The van der Waals surface area contributed by atoms with Crippen LogP contribution >= 0.6 is 0 Å². The molecule has 1 saturated heterocycles. The standard InChI is InChI=1S/C16H23N3O3/c1-12-5-6-13(15(20)22-2)11-14(12)18-16(21)17-7-10-19-8-3-4-9-19/h5-6,11H,3-4,7-10H2,1-2H3,(H2,17,18,21). The Hall–Kier alpha value is -2.08. The van der Waals surface area contributed by atoms with Crippen LogP contribution in [0.2, 0.25) is 0 Å². The van der Waals surface area contributed by atoms with Crippen LogP contribution in [0.5, 0.6) is 0 Å². The molecule has 1 heterocycles. The van der Waals surface area contributed by atoms with Crippen LogP contribution in [-0.2, 0) is 4.74 Å². The topological polar surface area (TPSA) is 70.7 Å². The van der Waals surface area contributed by atoms with Gasteiger partial charge in [-0.3, -0.25) is 0 Å². The number of hydrogen-bond acceptors (Lipinski definition) is 4. The molecular weight excluding hydrogens is 282 g/mol. The third-order valence-electron chi connectivity index (χ3n) is 3.82. The Labute approximate surface area is 130 Å². The van der Waals surface area contributed by atoms with Crippen molar-refractivity contribution in [2.75, 3.05) is 38.6 Å². The van der Waals surface area contributed by atoms with E-state index in [1.54, 1.807) is 18.2 Å². The van der Waals surface area contributed by atoms with Gasteiger partial charge in [0.15, 0.2) is 0 Å². The smallest absolute Gasteiger partial charge is 0.337 e. The molecule has 1 aromatic carbocycles. The predicted molar refractivity (Wildman–Crippen MR) is 85.2 cm³/mol. The van der Waals surface area contributed by atoms with Crippen molar-refractivity contribution in [1.82, 2.24) is 10.2 Å². The first kappa shape index (κ1) is 16.3. The van der Waals surface area contributed by atoms with Gasteiger partial charge in [0.05, 0.1) is 12.7 Å². The van der Waals surface area contributed by atoms with E-state index in [4.69, 9.17) is 0 Å². The molecule has 0 radical (unpaired) electrons. The molecule has 6 heteroatoms. The number of nitrogens with one attached hydrogen (secondary N) is 2. The van der Waals surface area contributed by atoms with Crippen molar-refractivity contribution in [3.8, 4) is 0 Å². The Balaban J connectivity index is 1.86. The first-order chi connectivity index (χ1) is 10.6. The van der Waals surface area contributed by atoms with Gasteiger partial charge in [-0.2, -0.15) is 0 Å². The zero-order valence-corrected chi connectivity index (χ0v) is 13.1. The van der Waals surface area contributed by atoms with E-state index in [-0.39, 0.29) is 6.03 Å². The number of hydrogen-bond donors (Lipinski definition) is 2. The number of likely N-dealkylation sites (tertiary alicyclic amines) is 1. The summed E-state index contributed by atoms with van der Waals surface area (Å²) < 4.78 is 4.69. The Bertz CT molecular complexity index is 539. The van der Waals surface area contributed by atoms with E-state index < -0.39 is 5.97 Å². The van der Waals surface area contributed by atoms with Crippen molar-refractivity contribution in [2.45, 2.75) is 19.8 Å². The Morgan fingerprint density at radius 1 is 1.27 bits per heavy atom. The van der Waals surface area contributed by atoms with Crippen LogP contribution in [0.25, 0.3) is 0 Å². The second kappa shape index (κ2) is 7.79. The fraction of sp³-hybridized carbons (Fsp3) is 0.500. The minimum Gasteiger partial charge on any atom is -0.465 e. The van der Waals surface area contributed by atoms with Gasteiger partial charge >= 0.3 is 12.0 Å². The van der Waals surface area contributed by atoms with Crippen molar-refractivity contribution < 1.29 is 14.3 Å². The fourth-order valence-electron chi connectivity index (χ4n) is 2.50. The van der Waals surface area contributed by atoms with Gasteiger partial charge in [0.25, 0.3) is 0 Å². The third-order valence-corrected chi connectivity index (χ3v) is 3.82. The van der Waals surface area contributed by atoms with Crippen LogP contribution in [0.4, 0.5) is 10.5 Å². The van der Waals surface area contributed by atoms with E-state index in [1.165, 1.54) is 20.0 Å². The lowest BCUT2D eigenvalue weighted by atomic mass is 10.1. The van der Waals surface area contributed by atoms with Gasteiger partial charge in [-0.1, -0.05) is 6.07 Å². The SMILES string of the molecule is COC(=O)c1ccc(C)c(NC(=O)NCCN2CCCC2)c1. The molecule has 0 aliphatic carbocycles. The molecular formula is C16H23N3O3. The van der Waals surface area contributed by atoms with Gasteiger partial charge in [0, 0.05) is 18.8 Å². The van der Waals surface area contributed by atoms with E-state index in [9.17, 15) is 9.59 Å². The fourth-order valence-corrected chi connectivity index (χ4v) is 2.50. The normalized spacial score (nSPS) is 14.6. The molecule has 0 spiro atoms. The Kier molecular flexibility index (Phi) is 5.77. The van der Waals surface area contributed by atoms with E-state index in [0.717, 1.165) is 25.2 Å². The van der Waals surface area contributed by atoms with E-state index in [1.807, 2.05) is 6.92 Å². The number of aryl methyl sites for hydroxylation is 1. The molecule has 1 fully saturated rings. The summed E-state index contributed by atoms with van der Waals surface area (Å²) in [6.45, 7) is 5.59. The highest BCUT2D eigenvalue weighted by Gasteiger charge is 2.12. The van der Waals surface area contributed by atoms with Gasteiger partial charge < -0.3 is 20.3 Å². The number of methoxy groups -OCH3 is 1. The van der Waals surface area contributed by atoms with Gasteiger partial charge in [0.2, 0.25) is 0 Å². The van der Waals surface area contributed by atoms with Crippen LogP contribution in [-0.4, -0.2) is 50.2 Å². The summed E-state index contributed by atoms with van der Waals surface area (Å²) in [7, 11) is 1.33. The lowest BCUT2D eigenvalue weighted by molar-refractivity contribution is 0.0600. The Morgan fingerprint density at radius 2 is 2.00 bits per heavy atom. The van der Waals surface area contributed by atoms with Crippen LogP contribution < -0.4 is 10.6 Å². The number of anilines is 1. The maximum absolute atomic E-state index is 11.9. The number of urea groups is 1. The van der Waals surface area contributed by atoms with Crippen molar-refractivity contribution in [2.24, 2.45) is 0 Å². The quantitative estimate of drug-likeness (QED) is 0.816. The lowest BCUT2D eigenvalue weighted by Gasteiger charge is -2.15. The first-order valence-electron chi connectivity index (χ1n) is 7.56. The zero-order valence-electron chi connectivity index (χ0n) is 13.1. The van der Waals surface area contributed by atoms with Gasteiger partial charge in [-0.05, 0) is 50.6 Å². The van der Waals surface area contributed by atoms with Gasteiger partial charge in [-0.25, -0.2) is 9.59 Å². The molecule has 120 valence electrons. The molecule has 6 nitrogen and oxygen atoms in total. The maximum atomic E-state index is 11.9. The average Bonchev–Trinajstić information content (AvgIpc) is 3.02. The largest absolute Gasteiger partial charge is 0.465 e. The molecule has 0 unspecified atom stereocenters. The number of benzene rings is 1. The molecule has 2 amide bonds. The maximum Gasteiger partial charge on any atom is 0.337 e. The molecule has 0 atom stereocenters. The zero-order chi connectivity index (χ0) is 15.9. The monoisotopic (exact) mass is 305 g/mol. The number of esters is 1. The number of nitrogens with zero attached hydrogens (tertiary/aromatic N) is 1. The summed E-state index contributed by atoms with van der Waals surface area (Å²) >= 11 is 0. The highest BCUT2D eigenvalue weighted by Crippen LogP contribution is 2.17. The molecule has 22 heavy (non-hydrogen) atoms. The second-order valence-electron chi connectivity index (χ2n) is 5.45. The minimum atomic E-state index is -0.419. The van der Waals surface area contributed by atoms with Crippen molar-refractivity contribution >= 4 is 17.7 Å². The highest BCUT2D eigenvalue weighted by atomic mass is 16.5.